The third kappa shape index (κ3) is 5.35. The highest BCUT2D eigenvalue weighted by Gasteiger charge is 2.27. The molecule has 0 spiro atoms. The predicted octanol–water partition coefficient (Wildman–Crippen LogP) is 3.62. The van der Waals surface area contributed by atoms with Crippen LogP contribution in [-0.2, 0) is 22.6 Å². The zero-order valence-corrected chi connectivity index (χ0v) is 19.5. The molecule has 1 aromatic heterocycles. The summed E-state index contributed by atoms with van der Waals surface area (Å²) in [4.78, 5) is 28.6. The molecule has 2 heterocycles. The Bertz CT molecular complexity index is 1120. The number of amides is 2. The van der Waals surface area contributed by atoms with Crippen LogP contribution < -0.4 is 20.1 Å². The molecule has 33 heavy (non-hydrogen) atoms. The van der Waals surface area contributed by atoms with Crippen LogP contribution in [-0.4, -0.2) is 44.0 Å². The Morgan fingerprint density at radius 3 is 2.52 bits per heavy atom. The van der Waals surface area contributed by atoms with Crippen molar-refractivity contribution in [2.24, 2.45) is 0 Å². The highest BCUT2D eigenvalue weighted by Crippen LogP contribution is 2.31. The van der Waals surface area contributed by atoms with Gasteiger partial charge in [0.25, 0.3) is 0 Å². The molecule has 172 valence electrons. The smallest absolute Gasteiger partial charge is 0.313 e. The number of rotatable bonds is 7. The first-order valence-electron chi connectivity index (χ1n) is 10.7. The molecule has 0 aliphatic carbocycles. The number of anilines is 1. The summed E-state index contributed by atoms with van der Waals surface area (Å²) in [5.74, 6) is -0.388. The van der Waals surface area contributed by atoms with Crippen LogP contribution in [0, 0.1) is 0 Å². The van der Waals surface area contributed by atoms with Gasteiger partial charge in [-0.1, -0.05) is 30.3 Å². The van der Waals surface area contributed by atoms with E-state index in [4.69, 9.17) is 9.47 Å². The fourth-order valence-corrected chi connectivity index (χ4v) is 4.91. The minimum absolute atomic E-state index is 0.00353. The maximum atomic E-state index is 12.6. The Hall–Kier alpha value is -3.36. The summed E-state index contributed by atoms with van der Waals surface area (Å²) in [5.41, 5.74) is 3.13. The number of thiophene rings is 1. The van der Waals surface area contributed by atoms with Gasteiger partial charge in [0.2, 0.25) is 0 Å². The Kier molecular flexibility index (Phi) is 7.26. The van der Waals surface area contributed by atoms with E-state index in [1.54, 1.807) is 29.5 Å². The number of hydrogen-bond donors (Lipinski definition) is 2. The Morgan fingerprint density at radius 1 is 1.00 bits per heavy atom. The van der Waals surface area contributed by atoms with Gasteiger partial charge in [0.1, 0.15) is 0 Å². The van der Waals surface area contributed by atoms with Crippen molar-refractivity contribution in [3.63, 3.8) is 0 Å². The first-order chi connectivity index (χ1) is 16.1. The molecule has 0 bridgehead atoms. The van der Waals surface area contributed by atoms with Crippen molar-refractivity contribution in [1.29, 1.82) is 0 Å². The lowest BCUT2D eigenvalue weighted by molar-refractivity contribution is -0.136. The van der Waals surface area contributed by atoms with Gasteiger partial charge in [0.15, 0.2) is 11.5 Å². The van der Waals surface area contributed by atoms with E-state index in [0.717, 1.165) is 24.4 Å². The molecule has 2 aromatic carbocycles. The van der Waals surface area contributed by atoms with Gasteiger partial charge in [0.05, 0.1) is 20.3 Å². The van der Waals surface area contributed by atoms with E-state index in [1.807, 2.05) is 11.4 Å². The van der Waals surface area contributed by atoms with Crippen molar-refractivity contribution >= 4 is 28.8 Å². The highest BCUT2D eigenvalue weighted by atomic mass is 32.1. The van der Waals surface area contributed by atoms with E-state index < -0.39 is 11.8 Å². The topological polar surface area (TPSA) is 79.9 Å². The summed E-state index contributed by atoms with van der Waals surface area (Å²) >= 11 is 1.66. The van der Waals surface area contributed by atoms with Crippen LogP contribution >= 0.6 is 11.3 Å². The van der Waals surface area contributed by atoms with E-state index in [2.05, 4.69) is 45.9 Å². The highest BCUT2D eigenvalue weighted by molar-refractivity contribution is 7.10. The molecule has 0 unspecified atom stereocenters. The normalized spacial score (nSPS) is 14.1. The summed E-state index contributed by atoms with van der Waals surface area (Å²) in [5, 5.41) is 7.48. The maximum absolute atomic E-state index is 12.6. The van der Waals surface area contributed by atoms with Gasteiger partial charge in [-0.3, -0.25) is 14.5 Å². The number of carbonyl (C=O) groups excluding carboxylic acids is 2. The van der Waals surface area contributed by atoms with Crippen LogP contribution in [0.1, 0.15) is 22.0 Å². The average Bonchev–Trinajstić information content (AvgIpc) is 3.38. The minimum atomic E-state index is -0.726. The molecule has 0 radical (unpaired) electrons. The zero-order valence-electron chi connectivity index (χ0n) is 18.7. The number of hydrogen-bond acceptors (Lipinski definition) is 6. The lowest BCUT2D eigenvalue weighted by atomic mass is 9.98. The van der Waals surface area contributed by atoms with Gasteiger partial charge in [0, 0.05) is 36.3 Å². The van der Waals surface area contributed by atoms with Gasteiger partial charge in [-0.25, -0.2) is 0 Å². The lowest BCUT2D eigenvalue weighted by Gasteiger charge is -2.35. The van der Waals surface area contributed by atoms with Crippen molar-refractivity contribution in [2.75, 3.05) is 32.6 Å². The molecule has 2 amide bonds. The fraction of sp³-hybridized carbons (Fsp3) is 0.280. The first kappa shape index (κ1) is 22.8. The van der Waals surface area contributed by atoms with E-state index in [9.17, 15) is 9.59 Å². The zero-order chi connectivity index (χ0) is 23.2. The summed E-state index contributed by atoms with van der Waals surface area (Å²) in [6.45, 7) is 2.06. The maximum Gasteiger partial charge on any atom is 0.313 e. The molecule has 1 atom stereocenters. The standard InChI is InChI=1S/C25H27N3O4S/c1-31-21-10-9-19(14-22(21)32-2)27-25(30)24(29)26-15-20(23-8-5-13-33-23)28-12-11-17-6-3-4-7-18(17)16-28/h3-10,13-14,20H,11-12,15-16H2,1-2H3,(H,26,29)(H,27,30)/t20-/m0/s1. The SMILES string of the molecule is COc1ccc(NC(=O)C(=O)NC[C@@H](c2cccs2)N2CCc3ccccc3C2)cc1OC. The van der Waals surface area contributed by atoms with Crippen LogP contribution in [0.3, 0.4) is 0 Å². The van der Waals surface area contributed by atoms with Crippen LogP contribution in [0.2, 0.25) is 0 Å². The average molecular weight is 466 g/mol. The fourth-order valence-electron chi connectivity index (χ4n) is 4.05. The molecule has 1 aliphatic heterocycles. The molecular formula is C25H27N3O4S. The second-order valence-corrected chi connectivity index (χ2v) is 8.73. The minimum Gasteiger partial charge on any atom is -0.493 e. The molecule has 2 N–H and O–H groups in total. The largest absolute Gasteiger partial charge is 0.493 e. The van der Waals surface area contributed by atoms with Gasteiger partial charge in [-0.15, -0.1) is 11.3 Å². The van der Waals surface area contributed by atoms with Crippen molar-refractivity contribution in [3.05, 3.63) is 76.0 Å². The summed E-state index contributed by atoms with van der Waals surface area (Å²) < 4.78 is 10.5. The van der Waals surface area contributed by atoms with Gasteiger partial charge < -0.3 is 20.1 Å². The molecule has 4 rings (SSSR count). The van der Waals surface area contributed by atoms with Crippen LogP contribution in [0.25, 0.3) is 0 Å². The number of carbonyl (C=O) groups is 2. The summed E-state index contributed by atoms with van der Waals surface area (Å²) in [7, 11) is 3.05. The number of fused-ring (bicyclic) bond motifs is 1. The van der Waals surface area contributed by atoms with Crippen molar-refractivity contribution in [1.82, 2.24) is 10.2 Å². The number of methoxy groups -OCH3 is 2. The van der Waals surface area contributed by atoms with Crippen LogP contribution in [0.15, 0.2) is 60.0 Å². The second-order valence-electron chi connectivity index (χ2n) is 7.75. The van der Waals surface area contributed by atoms with Crippen molar-refractivity contribution in [3.8, 4) is 11.5 Å². The van der Waals surface area contributed by atoms with E-state index in [0.29, 0.717) is 23.7 Å². The Balaban J connectivity index is 1.41. The lowest BCUT2D eigenvalue weighted by Crippen LogP contribution is -2.43. The number of benzene rings is 2. The van der Waals surface area contributed by atoms with Gasteiger partial charge in [-0.05, 0) is 41.1 Å². The molecular weight excluding hydrogens is 438 g/mol. The third-order valence-electron chi connectivity index (χ3n) is 5.78. The predicted molar refractivity (Wildman–Crippen MR) is 129 cm³/mol. The molecule has 7 nitrogen and oxygen atoms in total. The molecule has 1 aliphatic rings. The molecule has 8 heteroatoms. The van der Waals surface area contributed by atoms with E-state index in [1.165, 1.54) is 25.3 Å². The Morgan fingerprint density at radius 2 is 1.79 bits per heavy atom. The van der Waals surface area contributed by atoms with Crippen molar-refractivity contribution in [2.45, 2.75) is 19.0 Å². The van der Waals surface area contributed by atoms with E-state index >= 15 is 0 Å². The van der Waals surface area contributed by atoms with Crippen LogP contribution in [0.4, 0.5) is 5.69 Å². The third-order valence-corrected chi connectivity index (χ3v) is 6.75. The molecule has 3 aromatic rings. The molecule has 0 saturated carbocycles. The number of nitrogens with one attached hydrogen (secondary N) is 2. The number of ether oxygens (including phenoxy) is 2. The number of nitrogens with zero attached hydrogens (tertiary/aromatic N) is 1. The van der Waals surface area contributed by atoms with Crippen molar-refractivity contribution < 1.29 is 19.1 Å². The second kappa shape index (κ2) is 10.5. The van der Waals surface area contributed by atoms with Gasteiger partial charge in [-0.2, -0.15) is 0 Å². The molecule has 0 saturated heterocycles. The summed E-state index contributed by atoms with van der Waals surface area (Å²) in [6, 6.07) is 17.5. The first-order valence-corrected chi connectivity index (χ1v) is 11.6. The Labute approximate surface area is 197 Å². The molecule has 0 fully saturated rings. The van der Waals surface area contributed by atoms with E-state index in [-0.39, 0.29) is 6.04 Å². The quantitative estimate of drug-likeness (QED) is 0.521. The van der Waals surface area contributed by atoms with Gasteiger partial charge >= 0.3 is 11.8 Å². The monoisotopic (exact) mass is 465 g/mol. The van der Waals surface area contributed by atoms with Crippen LogP contribution in [0.5, 0.6) is 11.5 Å². The summed E-state index contributed by atoms with van der Waals surface area (Å²) in [6.07, 6.45) is 0.964.